The van der Waals surface area contributed by atoms with Crippen molar-refractivity contribution in [1.82, 2.24) is 19.4 Å². The van der Waals surface area contributed by atoms with Gasteiger partial charge in [-0.2, -0.15) is 0 Å². The summed E-state index contributed by atoms with van der Waals surface area (Å²) in [7, 11) is 3.63. The van der Waals surface area contributed by atoms with Crippen LogP contribution in [0.5, 0.6) is 0 Å². The monoisotopic (exact) mass is 371 g/mol. The number of pyridine rings is 1. The molecule has 144 valence electrons. The first-order valence-electron chi connectivity index (χ1n) is 9.14. The van der Waals surface area contributed by atoms with E-state index in [1.165, 1.54) is 10.6 Å². The maximum atomic E-state index is 12.5. The van der Waals surface area contributed by atoms with E-state index < -0.39 is 0 Å². The minimum Gasteiger partial charge on any atom is -0.450 e. The molecule has 0 N–H and O–H groups in total. The molecule has 1 amide bonds. The first-order chi connectivity index (χ1) is 13.0. The number of carbonyl (C=O) groups is 1. The molecule has 3 rings (SSSR count). The molecule has 2 aromatic heterocycles. The zero-order valence-corrected chi connectivity index (χ0v) is 16.0. The van der Waals surface area contributed by atoms with Crippen LogP contribution in [0, 0.1) is 0 Å². The Balaban J connectivity index is 1.88. The number of amides is 1. The van der Waals surface area contributed by atoms with Crippen molar-refractivity contribution in [2.45, 2.75) is 25.8 Å². The maximum absolute atomic E-state index is 12.5. The second kappa shape index (κ2) is 8.20. The number of aromatic nitrogens is 3. The SMILES string of the molecule is CCOC(=O)N1CCC[C@@H](N(C)c2nc(-c3ccncc3)cc(=O)n2C)C1. The summed E-state index contributed by atoms with van der Waals surface area (Å²) < 4.78 is 6.66. The third kappa shape index (κ3) is 4.10. The van der Waals surface area contributed by atoms with Gasteiger partial charge in [0.05, 0.1) is 12.3 Å². The molecule has 0 aliphatic carbocycles. The van der Waals surface area contributed by atoms with Gasteiger partial charge in [-0.05, 0) is 31.9 Å². The van der Waals surface area contributed by atoms with Crippen LogP contribution in [-0.2, 0) is 11.8 Å². The minimum atomic E-state index is -0.289. The second-order valence-corrected chi connectivity index (χ2v) is 6.63. The molecule has 1 saturated heterocycles. The predicted molar refractivity (Wildman–Crippen MR) is 103 cm³/mol. The molecule has 0 saturated carbocycles. The van der Waals surface area contributed by atoms with Crippen molar-refractivity contribution in [3.63, 3.8) is 0 Å². The van der Waals surface area contributed by atoms with Crippen LogP contribution in [0.2, 0.25) is 0 Å². The van der Waals surface area contributed by atoms with Gasteiger partial charge in [-0.3, -0.25) is 14.3 Å². The molecule has 0 spiro atoms. The van der Waals surface area contributed by atoms with Crippen LogP contribution in [0.3, 0.4) is 0 Å². The Bertz CT molecular complexity index is 852. The normalized spacial score (nSPS) is 16.9. The van der Waals surface area contributed by atoms with E-state index in [0.29, 0.717) is 31.3 Å². The highest BCUT2D eigenvalue weighted by Crippen LogP contribution is 2.22. The second-order valence-electron chi connectivity index (χ2n) is 6.63. The van der Waals surface area contributed by atoms with E-state index in [4.69, 9.17) is 9.72 Å². The fraction of sp³-hybridized carbons (Fsp3) is 0.474. The number of nitrogens with zero attached hydrogens (tertiary/aromatic N) is 5. The Morgan fingerprint density at radius 3 is 2.81 bits per heavy atom. The van der Waals surface area contributed by atoms with Crippen LogP contribution in [0.15, 0.2) is 35.4 Å². The summed E-state index contributed by atoms with van der Waals surface area (Å²) in [6.07, 6.45) is 4.86. The Morgan fingerprint density at radius 2 is 2.11 bits per heavy atom. The summed E-state index contributed by atoms with van der Waals surface area (Å²) in [5.74, 6) is 0.574. The van der Waals surface area contributed by atoms with Gasteiger partial charge in [0.25, 0.3) is 5.56 Å². The van der Waals surface area contributed by atoms with Crippen molar-refractivity contribution >= 4 is 12.0 Å². The van der Waals surface area contributed by atoms with Gasteiger partial charge in [0.15, 0.2) is 0 Å². The third-order valence-electron chi connectivity index (χ3n) is 4.87. The van der Waals surface area contributed by atoms with E-state index in [2.05, 4.69) is 4.98 Å². The zero-order valence-electron chi connectivity index (χ0n) is 16.0. The van der Waals surface area contributed by atoms with Gasteiger partial charge in [-0.25, -0.2) is 9.78 Å². The summed E-state index contributed by atoms with van der Waals surface area (Å²) in [5, 5.41) is 0. The van der Waals surface area contributed by atoms with Crippen molar-refractivity contribution in [3.05, 3.63) is 40.9 Å². The van der Waals surface area contributed by atoms with Crippen molar-refractivity contribution in [2.24, 2.45) is 7.05 Å². The molecule has 3 heterocycles. The van der Waals surface area contributed by atoms with Crippen molar-refractivity contribution in [1.29, 1.82) is 0 Å². The first-order valence-corrected chi connectivity index (χ1v) is 9.14. The molecule has 1 fully saturated rings. The molecule has 0 radical (unpaired) electrons. The van der Waals surface area contributed by atoms with E-state index in [1.54, 1.807) is 31.3 Å². The number of hydrogen-bond donors (Lipinski definition) is 0. The topological polar surface area (TPSA) is 80.6 Å². The standard InChI is InChI=1S/C19H25N5O3/c1-4-27-19(26)24-11-5-6-15(13-24)22(2)18-21-16(12-17(25)23(18)3)14-7-9-20-10-8-14/h7-10,12,15H,4-6,11,13H2,1-3H3/t15-/m1/s1. The van der Waals surface area contributed by atoms with Crippen LogP contribution in [0.25, 0.3) is 11.3 Å². The van der Waals surface area contributed by atoms with E-state index in [0.717, 1.165) is 18.4 Å². The molecule has 0 bridgehead atoms. The third-order valence-corrected chi connectivity index (χ3v) is 4.87. The highest BCUT2D eigenvalue weighted by atomic mass is 16.6. The summed E-state index contributed by atoms with van der Waals surface area (Å²) in [6.45, 7) is 3.40. The number of hydrogen-bond acceptors (Lipinski definition) is 6. The number of carbonyl (C=O) groups excluding carboxylic acids is 1. The zero-order chi connectivity index (χ0) is 19.4. The van der Waals surface area contributed by atoms with E-state index in [-0.39, 0.29) is 17.7 Å². The number of rotatable bonds is 4. The van der Waals surface area contributed by atoms with Gasteiger partial charge in [0, 0.05) is 57.3 Å². The quantitative estimate of drug-likeness (QED) is 0.817. The number of likely N-dealkylation sites (tertiary alicyclic amines) is 1. The highest BCUT2D eigenvalue weighted by Gasteiger charge is 2.28. The average Bonchev–Trinajstić information content (AvgIpc) is 2.70. The summed E-state index contributed by atoms with van der Waals surface area (Å²) in [6, 6.07) is 5.25. The Kier molecular flexibility index (Phi) is 5.73. The number of ether oxygens (including phenoxy) is 1. The van der Waals surface area contributed by atoms with Crippen LogP contribution >= 0.6 is 0 Å². The minimum absolute atomic E-state index is 0.0638. The molecule has 1 aliphatic heterocycles. The predicted octanol–water partition coefficient (Wildman–Crippen LogP) is 1.90. The van der Waals surface area contributed by atoms with E-state index in [9.17, 15) is 9.59 Å². The average molecular weight is 371 g/mol. The number of piperidine rings is 1. The van der Waals surface area contributed by atoms with Gasteiger partial charge in [0.2, 0.25) is 5.95 Å². The lowest BCUT2D eigenvalue weighted by molar-refractivity contribution is 0.0957. The molecular weight excluding hydrogens is 346 g/mol. The first kappa shape index (κ1) is 18.9. The van der Waals surface area contributed by atoms with Crippen LogP contribution in [0.4, 0.5) is 10.7 Å². The molecular formula is C19H25N5O3. The fourth-order valence-corrected chi connectivity index (χ4v) is 3.33. The van der Waals surface area contributed by atoms with E-state index >= 15 is 0 Å². The lowest BCUT2D eigenvalue weighted by atomic mass is 10.1. The van der Waals surface area contributed by atoms with Crippen molar-refractivity contribution < 1.29 is 9.53 Å². The molecule has 8 heteroatoms. The Labute approximate surface area is 158 Å². The molecule has 8 nitrogen and oxygen atoms in total. The smallest absolute Gasteiger partial charge is 0.409 e. The molecule has 1 atom stereocenters. The molecule has 0 unspecified atom stereocenters. The maximum Gasteiger partial charge on any atom is 0.409 e. The van der Waals surface area contributed by atoms with Crippen molar-refractivity contribution in [3.8, 4) is 11.3 Å². The highest BCUT2D eigenvalue weighted by molar-refractivity contribution is 5.68. The lowest BCUT2D eigenvalue weighted by Gasteiger charge is -2.37. The lowest BCUT2D eigenvalue weighted by Crippen LogP contribution is -2.50. The van der Waals surface area contributed by atoms with Gasteiger partial charge in [-0.15, -0.1) is 0 Å². The van der Waals surface area contributed by atoms with E-state index in [1.807, 2.05) is 24.1 Å². The van der Waals surface area contributed by atoms with Crippen LogP contribution in [-0.4, -0.2) is 58.3 Å². The number of likely N-dealkylation sites (N-methyl/N-ethyl adjacent to an activating group) is 1. The summed E-state index contributed by atoms with van der Waals surface area (Å²) in [5.41, 5.74) is 1.33. The summed E-state index contributed by atoms with van der Waals surface area (Å²) in [4.78, 5) is 37.0. The van der Waals surface area contributed by atoms with Gasteiger partial charge in [0.1, 0.15) is 0 Å². The van der Waals surface area contributed by atoms with Gasteiger partial charge in [-0.1, -0.05) is 0 Å². The Hall–Kier alpha value is -2.90. The van der Waals surface area contributed by atoms with Crippen molar-refractivity contribution in [2.75, 3.05) is 31.6 Å². The largest absolute Gasteiger partial charge is 0.450 e. The molecule has 1 aliphatic rings. The fourth-order valence-electron chi connectivity index (χ4n) is 3.33. The van der Waals surface area contributed by atoms with Gasteiger partial charge >= 0.3 is 6.09 Å². The molecule has 27 heavy (non-hydrogen) atoms. The Morgan fingerprint density at radius 1 is 1.37 bits per heavy atom. The van der Waals surface area contributed by atoms with Crippen LogP contribution < -0.4 is 10.5 Å². The molecule has 2 aromatic rings. The van der Waals surface area contributed by atoms with Gasteiger partial charge < -0.3 is 14.5 Å². The van der Waals surface area contributed by atoms with Crippen LogP contribution in [0.1, 0.15) is 19.8 Å². The number of anilines is 1. The summed E-state index contributed by atoms with van der Waals surface area (Å²) >= 11 is 0. The molecule has 0 aromatic carbocycles.